The normalized spacial score (nSPS) is 22.8. The van der Waals surface area contributed by atoms with Gasteiger partial charge in [0.1, 0.15) is 6.10 Å². The molecule has 0 N–H and O–H groups in total. The molecule has 0 unspecified atom stereocenters. The average molecular weight is 569 g/mol. The van der Waals surface area contributed by atoms with Crippen LogP contribution in [0.4, 0.5) is 17.6 Å². The minimum Gasteiger partial charge on any atom is -0.491 e. The Balaban J connectivity index is 1.11. The molecule has 7 heteroatoms. The van der Waals surface area contributed by atoms with Crippen molar-refractivity contribution in [2.75, 3.05) is 6.61 Å². The summed E-state index contributed by atoms with van der Waals surface area (Å²) in [7, 11) is 0. The van der Waals surface area contributed by atoms with Crippen LogP contribution in [0.5, 0.6) is 5.75 Å². The van der Waals surface area contributed by atoms with E-state index in [-0.39, 0.29) is 41.8 Å². The van der Waals surface area contributed by atoms with Crippen LogP contribution in [0.25, 0.3) is 11.1 Å². The van der Waals surface area contributed by atoms with E-state index in [1.54, 1.807) is 26.0 Å². The lowest BCUT2D eigenvalue weighted by molar-refractivity contribution is -0.157. The molecular formula is C34H36F4O3. The molecule has 218 valence electrons. The molecule has 3 nitrogen and oxygen atoms in total. The number of hydrogen-bond donors (Lipinski definition) is 0. The van der Waals surface area contributed by atoms with E-state index in [2.05, 4.69) is 0 Å². The van der Waals surface area contributed by atoms with Gasteiger partial charge in [-0.3, -0.25) is 4.79 Å². The molecule has 41 heavy (non-hydrogen) atoms. The summed E-state index contributed by atoms with van der Waals surface area (Å²) in [6.45, 7) is 3.52. The average Bonchev–Trinajstić information content (AvgIpc) is 2.99. The summed E-state index contributed by atoms with van der Waals surface area (Å²) in [6.07, 6.45) is 5.63. The van der Waals surface area contributed by atoms with Gasteiger partial charge in [0.05, 0.1) is 12.5 Å². The van der Waals surface area contributed by atoms with Gasteiger partial charge in [-0.1, -0.05) is 36.4 Å². The molecule has 0 radical (unpaired) electrons. The topological polar surface area (TPSA) is 35.5 Å². The fraction of sp³-hybridized carbons (Fsp3) is 0.441. The van der Waals surface area contributed by atoms with Crippen LogP contribution in [0, 0.1) is 36.1 Å². The number of benzene rings is 3. The Morgan fingerprint density at radius 3 is 2.05 bits per heavy atom. The third-order valence-corrected chi connectivity index (χ3v) is 8.80. The van der Waals surface area contributed by atoms with Crippen molar-refractivity contribution in [3.63, 3.8) is 0 Å². The predicted octanol–water partition coefficient (Wildman–Crippen LogP) is 9.16. The number of hydrogen-bond acceptors (Lipinski definition) is 3. The van der Waals surface area contributed by atoms with E-state index >= 15 is 0 Å². The van der Waals surface area contributed by atoms with Gasteiger partial charge in [-0.05, 0) is 111 Å². The van der Waals surface area contributed by atoms with Crippen molar-refractivity contribution in [2.24, 2.45) is 5.92 Å². The van der Waals surface area contributed by atoms with Crippen LogP contribution >= 0.6 is 0 Å². The molecule has 0 aromatic heterocycles. The predicted molar refractivity (Wildman–Crippen MR) is 150 cm³/mol. The number of rotatable bonds is 7. The zero-order valence-corrected chi connectivity index (χ0v) is 23.5. The standard InChI is InChI=1S/C34H36F4O3/c1-3-40-29-19-18-28(32(37)33(29)38)23-7-5-21(6-8-23)22-13-15-26(16-14-22)41-34(39)25-11-9-24(10-12-25)27-17-4-20(2)30(35)31(27)36/h4-8,17-19,22,24-26H,3,9-16H2,1-2H3. The van der Waals surface area contributed by atoms with Crippen molar-refractivity contribution in [3.05, 3.63) is 88.5 Å². The Labute approximate surface area is 238 Å². The van der Waals surface area contributed by atoms with Gasteiger partial charge in [-0.25, -0.2) is 13.2 Å². The van der Waals surface area contributed by atoms with E-state index in [1.165, 1.54) is 12.1 Å². The van der Waals surface area contributed by atoms with Crippen molar-refractivity contribution in [1.29, 1.82) is 0 Å². The summed E-state index contributed by atoms with van der Waals surface area (Å²) in [5.74, 6) is -3.71. The molecule has 2 fully saturated rings. The largest absolute Gasteiger partial charge is 0.491 e. The zero-order chi connectivity index (χ0) is 29.1. The Hall–Kier alpha value is -3.35. The van der Waals surface area contributed by atoms with Gasteiger partial charge in [0.15, 0.2) is 23.2 Å². The number of aryl methyl sites for hydroxylation is 1. The van der Waals surface area contributed by atoms with E-state index in [9.17, 15) is 22.4 Å². The van der Waals surface area contributed by atoms with Crippen LogP contribution in [0.15, 0.2) is 48.5 Å². The second kappa shape index (κ2) is 12.7. The summed E-state index contributed by atoms with van der Waals surface area (Å²) in [6, 6.07) is 13.8. The summed E-state index contributed by atoms with van der Waals surface area (Å²) in [4.78, 5) is 12.9. The van der Waals surface area contributed by atoms with Crippen LogP contribution in [-0.4, -0.2) is 18.7 Å². The van der Waals surface area contributed by atoms with E-state index in [1.807, 2.05) is 24.3 Å². The number of halogens is 4. The summed E-state index contributed by atoms with van der Waals surface area (Å²) in [5, 5.41) is 0. The van der Waals surface area contributed by atoms with Crippen LogP contribution in [0.2, 0.25) is 0 Å². The Bertz CT molecular complexity index is 1370. The van der Waals surface area contributed by atoms with Gasteiger partial charge in [-0.2, -0.15) is 4.39 Å². The van der Waals surface area contributed by atoms with E-state index in [0.29, 0.717) is 48.3 Å². The van der Waals surface area contributed by atoms with Gasteiger partial charge in [0, 0.05) is 5.56 Å². The lowest BCUT2D eigenvalue weighted by atomic mass is 9.78. The Morgan fingerprint density at radius 2 is 1.39 bits per heavy atom. The Morgan fingerprint density at radius 1 is 0.732 bits per heavy atom. The number of carbonyl (C=O) groups excluding carboxylic acids is 1. The molecule has 0 amide bonds. The fourth-order valence-corrected chi connectivity index (χ4v) is 6.35. The number of ether oxygens (including phenoxy) is 2. The van der Waals surface area contributed by atoms with Gasteiger partial charge < -0.3 is 9.47 Å². The van der Waals surface area contributed by atoms with Crippen molar-refractivity contribution < 1.29 is 31.8 Å². The Kier molecular flexibility index (Phi) is 9.00. The molecule has 2 saturated carbocycles. The maximum atomic E-state index is 14.6. The molecule has 0 saturated heterocycles. The van der Waals surface area contributed by atoms with Gasteiger partial charge in [0.25, 0.3) is 0 Å². The molecule has 0 bridgehead atoms. The SMILES string of the molecule is CCOc1ccc(-c2ccc(C3CCC(OC(=O)C4CCC(c5ccc(C)c(F)c5F)CC4)CC3)cc2)c(F)c1F. The first-order chi connectivity index (χ1) is 19.8. The van der Waals surface area contributed by atoms with Crippen molar-refractivity contribution >= 4 is 5.97 Å². The van der Waals surface area contributed by atoms with E-state index in [0.717, 1.165) is 31.2 Å². The van der Waals surface area contributed by atoms with Gasteiger partial charge in [0.2, 0.25) is 5.82 Å². The van der Waals surface area contributed by atoms with Gasteiger partial charge >= 0.3 is 5.97 Å². The first-order valence-corrected chi connectivity index (χ1v) is 14.6. The highest BCUT2D eigenvalue weighted by Gasteiger charge is 2.32. The van der Waals surface area contributed by atoms with Crippen molar-refractivity contribution in [3.8, 4) is 16.9 Å². The van der Waals surface area contributed by atoms with Crippen LogP contribution in [-0.2, 0) is 9.53 Å². The molecule has 0 spiro atoms. The molecular weight excluding hydrogens is 532 g/mol. The van der Waals surface area contributed by atoms with Gasteiger partial charge in [-0.15, -0.1) is 0 Å². The summed E-state index contributed by atoms with van der Waals surface area (Å²) < 4.78 is 68.4. The zero-order valence-electron chi connectivity index (χ0n) is 23.5. The van der Waals surface area contributed by atoms with Crippen LogP contribution < -0.4 is 4.74 Å². The molecule has 2 aliphatic rings. The molecule has 0 atom stereocenters. The summed E-state index contributed by atoms with van der Waals surface area (Å²) >= 11 is 0. The van der Waals surface area contributed by atoms with Crippen LogP contribution in [0.3, 0.4) is 0 Å². The molecule has 2 aliphatic carbocycles. The summed E-state index contributed by atoms with van der Waals surface area (Å²) in [5.41, 5.74) is 2.62. The lowest BCUT2D eigenvalue weighted by Crippen LogP contribution is -2.29. The minimum atomic E-state index is -0.982. The highest BCUT2D eigenvalue weighted by Crippen LogP contribution is 2.40. The van der Waals surface area contributed by atoms with E-state index in [4.69, 9.17) is 9.47 Å². The monoisotopic (exact) mass is 568 g/mol. The maximum absolute atomic E-state index is 14.6. The fourth-order valence-electron chi connectivity index (χ4n) is 6.35. The first-order valence-electron chi connectivity index (χ1n) is 14.6. The third-order valence-electron chi connectivity index (χ3n) is 8.80. The van der Waals surface area contributed by atoms with Crippen molar-refractivity contribution in [2.45, 2.75) is 83.2 Å². The van der Waals surface area contributed by atoms with Crippen molar-refractivity contribution in [1.82, 2.24) is 0 Å². The second-order valence-corrected chi connectivity index (χ2v) is 11.4. The second-order valence-electron chi connectivity index (χ2n) is 11.4. The molecule has 5 rings (SSSR count). The number of esters is 1. The van der Waals surface area contributed by atoms with E-state index < -0.39 is 23.3 Å². The molecule has 3 aromatic rings. The van der Waals surface area contributed by atoms with Crippen LogP contribution in [0.1, 0.15) is 86.8 Å². The quantitative estimate of drug-likeness (QED) is 0.211. The highest BCUT2D eigenvalue weighted by atomic mass is 19.2. The minimum absolute atomic E-state index is 0.0825. The third kappa shape index (κ3) is 6.29. The smallest absolute Gasteiger partial charge is 0.309 e. The first kappa shape index (κ1) is 29.2. The molecule has 3 aromatic carbocycles. The molecule has 0 aliphatic heterocycles. The number of carbonyl (C=O) groups is 1. The highest BCUT2D eigenvalue weighted by molar-refractivity contribution is 5.72. The maximum Gasteiger partial charge on any atom is 0.309 e. The lowest BCUT2D eigenvalue weighted by Gasteiger charge is -2.32. The molecule has 0 heterocycles.